The Hall–Kier alpha value is -0.330. The molecule has 0 aromatic rings. The van der Waals surface area contributed by atoms with Crippen LogP contribution in [-0.4, -0.2) is 5.78 Å². The molecule has 0 N–H and O–H groups in total. The van der Waals surface area contributed by atoms with Crippen LogP contribution in [-0.2, 0) is 4.79 Å². The Kier molecular flexibility index (Phi) is 1.47. The topological polar surface area (TPSA) is 17.1 Å². The molecule has 0 aliphatic heterocycles. The van der Waals surface area contributed by atoms with Gasteiger partial charge in [-0.3, -0.25) is 4.79 Å². The van der Waals surface area contributed by atoms with Gasteiger partial charge in [0.15, 0.2) is 0 Å². The molecule has 2 aliphatic rings. The first-order chi connectivity index (χ1) is 5.43. The molecule has 0 bridgehead atoms. The Morgan fingerprint density at radius 2 is 2.00 bits per heavy atom. The van der Waals surface area contributed by atoms with Crippen molar-refractivity contribution in [3.63, 3.8) is 0 Å². The molecule has 2 unspecified atom stereocenters. The van der Waals surface area contributed by atoms with Crippen molar-refractivity contribution >= 4 is 5.78 Å². The summed E-state index contributed by atoms with van der Waals surface area (Å²) in [7, 11) is 0. The van der Waals surface area contributed by atoms with Gasteiger partial charge in [0.25, 0.3) is 0 Å². The van der Waals surface area contributed by atoms with Gasteiger partial charge in [-0.15, -0.1) is 0 Å². The average Bonchev–Trinajstić information content (AvgIpc) is 1.79. The number of Topliss-reactive ketones (excluding diaryl/α,β-unsaturated/α-hetero) is 1. The molecular formula is C11H18O. The van der Waals surface area contributed by atoms with E-state index in [4.69, 9.17) is 0 Å². The van der Waals surface area contributed by atoms with E-state index in [1.54, 1.807) is 0 Å². The highest BCUT2D eigenvalue weighted by Gasteiger charge is 2.53. The molecule has 2 saturated carbocycles. The third-order valence-electron chi connectivity index (χ3n) is 3.77. The van der Waals surface area contributed by atoms with Crippen LogP contribution in [0, 0.1) is 16.7 Å². The summed E-state index contributed by atoms with van der Waals surface area (Å²) in [6, 6.07) is 0. The minimum absolute atomic E-state index is 0.267. The third-order valence-corrected chi connectivity index (χ3v) is 3.77. The van der Waals surface area contributed by atoms with Gasteiger partial charge in [-0.05, 0) is 30.1 Å². The second-order valence-corrected chi connectivity index (χ2v) is 5.73. The Balaban J connectivity index is 2.22. The minimum Gasteiger partial charge on any atom is -0.299 e. The van der Waals surface area contributed by atoms with Crippen LogP contribution >= 0.6 is 0 Å². The number of rotatable bonds is 0. The summed E-state index contributed by atoms with van der Waals surface area (Å²) in [5.41, 5.74) is 0.640. The zero-order valence-corrected chi connectivity index (χ0v) is 8.31. The third kappa shape index (κ3) is 1.02. The molecular weight excluding hydrogens is 148 g/mol. The van der Waals surface area contributed by atoms with Crippen molar-refractivity contribution in [3.05, 3.63) is 0 Å². The van der Waals surface area contributed by atoms with E-state index in [2.05, 4.69) is 20.8 Å². The summed E-state index contributed by atoms with van der Waals surface area (Å²) in [6.45, 7) is 6.75. The molecule has 1 nitrogen and oxygen atoms in total. The fraction of sp³-hybridized carbons (Fsp3) is 0.909. The summed E-state index contributed by atoms with van der Waals surface area (Å²) >= 11 is 0. The van der Waals surface area contributed by atoms with E-state index in [1.807, 2.05) is 0 Å². The molecule has 0 aromatic carbocycles. The van der Waals surface area contributed by atoms with Crippen molar-refractivity contribution in [1.29, 1.82) is 0 Å². The maximum atomic E-state index is 11.7. The van der Waals surface area contributed by atoms with Crippen LogP contribution in [0.4, 0.5) is 0 Å². The number of fused-ring (bicyclic) bond motifs is 1. The van der Waals surface area contributed by atoms with Gasteiger partial charge in [0, 0.05) is 12.3 Å². The van der Waals surface area contributed by atoms with E-state index in [0.29, 0.717) is 17.1 Å². The summed E-state index contributed by atoms with van der Waals surface area (Å²) in [5.74, 6) is 0.950. The van der Waals surface area contributed by atoms with Crippen LogP contribution < -0.4 is 0 Å². The van der Waals surface area contributed by atoms with Gasteiger partial charge in [-0.1, -0.05) is 20.8 Å². The molecule has 12 heavy (non-hydrogen) atoms. The van der Waals surface area contributed by atoms with Crippen LogP contribution in [0.5, 0.6) is 0 Å². The number of carbonyl (C=O) groups excluding carboxylic acids is 1. The normalized spacial score (nSPS) is 44.9. The van der Waals surface area contributed by atoms with E-state index in [-0.39, 0.29) is 5.41 Å². The quantitative estimate of drug-likeness (QED) is 0.541. The highest BCUT2D eigenvalue weighted by molar-refractivity contribution is 5.84. The summed E-state index contributed by atoms with van der Waals surface area (Å²) in [5, 5.41) is 0. The van der Waals surface area contributed by atoms with Crippen molar-refractivity contribution in [1.82, 2.24) is 0 Å². The highest BCUT2D eigenvalue weighted by atomic mass is 16.1. The molecule has 0 saturated heterocycles. The number of hydrogen-bond acceptors (Lipinski definition) is 1. The second kappa shape index (κ2) is 2.12. The molecule has 2 aliphatic carbocycles. The van der Waals surface area contributed by atoms with Crippen molar-refractivity contribution in [2.45, 2.75) is 46.5 Å². The van der Waals surface area contributed by atoms with E-state index in [9.17, 15) is 4.79 Å². The zero-order valence-electron chi connectivity index (χ0n) is 8.31. The van der Waals surface area contributed by atoms with Crippen molar-refractivity contribution in [3.8, 4) is 0 Å². The van der Waals surface area contributed by atoms with Crippen LogP contribution in [0.15, 0.2) is 0 Å². The molecule has 0 amide bonds. The first kappa shape index (κ1) is 8.28. The second-order valence-electron chi connectivity index (χ2n) is 5.73. The Morgan fingerprint density at radius 1 is 1.33 bits per heavy atom. The zero-order chi connectivity index (χ0) is 8.98. The van der Waals surface area contributed by atoms with Gasteiger partial charge in [-0.2, -0.15) is 0 Å². The average molecular weight is 166 g/mol. The van der Waals surface area contributed by atoms with Gasteiger partial charge in [-0.25, -0.2) is 0 Å². The summed E-state index contributed by atoms with van der Waals surface area (Å²) < 4.78 is 0. The van der Waals surface area contributed by atoms with Crippen LogP contribution in [0.2, 0.25) is 0 Å². The minimum atomic E-state index is 0.267. The number of ketones is 1. The van der Waals surface area contributed by atoms with Crippen LogP contribution in [0.3, 0.4) is 0 Å². The molecule has 0 spiro atoms. The standard InChI is InChI=1S/C11H18O/c1-10(2)6-9(12)8-4-5-11(8,3)7-10/h8H,4-7H2,1-3H3. The van der Waals surface area contributed by atoms with Gasteiger partial charge >= 0.3 is 0 Å². The molecule has 0 radical (unpaired) electrons. The van der Waals surface area contributed by atoms with E-state index >= 15 is 0 Å². The maximum absolute atomic E-state index is 11.7. The highest BCUT2D eigenvalue weighted by Crippen LogP contribution is 2.58. The largest absolute Gasteiger partial charge is 0.299 e. The smallest absolute Gasteiger partial charge is 0.137 e. The first-order valence-corrected chi connectivity index (χ1v) is 4.96. The SMILES string of the molecule is CC1(C)CC(=O)C2CCC2(C)C1. The van der Waals surface area contributed by atoms with E-state index in [0.717, 1.165) is 12.8 Å². The molecule has 68 valence electrons. The first-order valence-electron chi connectivity index (χ1n) is 4.96. The van der Waals surface area contributed by atoms with E-state index < -0.39 is 0 Å². The van der Waals surface area contributed by atoms with Crippen molar-refractivity contribution in [2.75, 3.05) is 0 Å². The van der Waals surface area contributed by atoms with Crippen LogP contribution in [0.25, 0.3) is 0 Å². The van der Waals surface area contributed by atoms with E-state index in [1.165, 1.54) is 12.8 Å². The lowest BCUT2D eigenvalue weighted by atomic mass is 9.49. The summed E-state index contributed by atoms with van der Waals surface area (Å²) in [6.07, 6.45) is 4.49. The predicted molar refractivity (Wildman–Crippen MR) is 48.9 cm³/mol. The van der Waals surface area contributed by atoms with Gasteiger partial charge in [0.1, 0.15) is 5.78 Å². The molecule has 2 fully saturated rings. The Morgan fingerprint density at radius 3 is 2.42 bits per heavy atom. The molecule has 1 heteroatoms. The number of carbonyl (C=O) groups is 1. The Labute approximate surface area is 74.5 Å². The predicted octanol–water partition coefficient (Wildman–Crippen LogP) is 2.79. The molecule has 0 aromatic heterocycles. The van der Waals surface area contributed by atoms with Crippen LogP contribution in [0.1, 0.15) is 46.5 Å². The monoisotopic (exact) mass is 166 g/mol. The van der Waals surface area contributed by atoms with Gasteiger partial charge in [0.2, 0.25) is 0 Å². The maximum Gasteiger partial charge on any atom is 0.137 e. The van der Waals surface area contributed by atoms with Crippen molar-refractivity contribution < 1.29 is 4.79 Å². The lowest BCUT2D eigenvalue weighted by molar-refractivity contribution is -0.145. The number of hydrogen-bond donors (Lipinski definition) is 0. The fourth-order valence-corrected chi connectivity index (χ4v) is 3.29. The lowest BCUT2D eigenvalue weighted by Gasteiger charge is -2.54. The molecule has 2 atom stereocenters. The molecule has 2 rings (SSSR count). The van der Waals surface area contributed by atoms with Crippen molar-refractivity contribution in [2.24, 2.45) is 16.7 Å². The Bertz CT molecular complexity index is 229. The molecule has 0 heterocycles. The summed E-state index contributed by atoms with van der Waals surface area (Å²) in [4.78, 5) is 11.7. The van der Waals surface area contributed by atoms with Gasteiger partial charge < -0.3 is 0 Å². The fourth-order valence-electron chi connectivity index (χ4n) is 3.29. The van der Waals surface area contributed by atoms with Gasteiger partial charge in [0.05, 0.1) is 0 Å². The lowest BCUT2D eigenvalue weighted by Crippen LogP contribution is -2.50.